The number of benzene rings is 3. The molecule has 0 radical (unpaired) electrons. The number of amides is 1. The molecular weight excluding hydrogens is 619 g/mol. The lowest BCUT2D eigenvalue weighted by atomic mass is 10.0. The third-order valence-corrected chi connectivity index (χ3v) is 11.1. The molecule has 0 aromatic heterocycles. The van der Waals surface area contributed by atoms with E-state index in [1.54, 1.807) is 0 Å². The Morgan fingerprint density at radius 3 is 1.79 bits per heavy atom. The molecule has 48 heavy (non-hydrogen) atoms. The summed E-state index contributed by atoms with van der Waals surface area (Å²) in [5, 5.41) is 11.8. The highest BCUT2D eigenvalue weighted by molar-refractivity contribution is 6.60. The second kappa shape index (κ2) is 23.1. The zero-order valence-corrected chi connectivity index (χ0v) is 30.7. The van der Waals surface area contributed by atoms with Crippen molar-refractivity contribution in [2.24, 2.45) is 10.2 Å². The van der Waals surface area contributed by atoms with E-state index in [4.69, 9.17) is 18.0 Å². The minimum atomic E-state index is -2.64. The van der Waals surface area contributed by atoms with E-state index >= 15 is 0 Å². The second-order valence-corrected chi connectivity index (χ2v) is 14.6. The number of rotatable bonds is 25. The standard InChI is InChI=1S/C39H57N3O5Si/c1-5-9-14-31-44-38-28-26-37(27-29-38)42-41-36-24-22-35(23-25-36)34-20-18-33(19-21-34)16-12-10-11-13-17-39(43)40-30-15-32-48(45-6-2,46-7-3)47-8-4/h18-29H,5-17,30-32H2,1-4H3,(H,40,43). The van der Waals surface area contributed by atoms with E-state index < -0.39 is 8.80 Å². The summed E-state index contributed by atoms with van der Waals surface area (Å²) in [5.74, 6) is 0.986. The zero-order valence-electron chi connectivity index (χ0n) is 29.7. The van der Waals surface area contributed by atoms with Crippen LogP contribution in [0, 0.1) is 0 Å². The Kier molecular flexibility index (Phi) is 18.8. The van der Waals surface area contributed by atoms with Crippen molar-refractivity contribution in [3.63, 3.8) is 0 Å². The summed E-state index contributed by atoms with van der Waals surface area (Å²) in [6.07, 6.45) is 10.1. The van der Waals surface area contributed by atoms with Gasteiger partial charge in [-0.15, -0.1) is 0 Å². The fourth-order valence-electron chi connectivity index (χ4n) is 5.44. The van der Waals surface area contributed by atoms with Crippen LogP contribution in [0.2, 0.25) is 6.04 Å². The molecule has 0 spiro atoms. The Balaban J connectivity index is 1.30. The summed E-state index contributed by atoms with van der Waals surface area (Å²) in [6, 6.07) is 25.4. The highest BCUT2D eigenvalue weighted by Crippen LogP contribution is 2.26. The molecule has 0 aliphatic heterocycles. The molecule has 1 amide bonds. The van der Waals surface area contributed by atoms with Crippen molar-refractivity contribution >= 4 is 26.1 Å². The maximum Gasteiger partial charge on any atom is 0.500 e. The number of azo groups is 1. The number of hydrogen-bond acceptors (Lipinski definition) is 7. The Bertz CT molecular complexity index is 1300. The van der Waals surface area contributed by atoms with Gasteiger partial charge in [0, 0.05) is 38.8 Å². The van der Waals surface area contributed by atoms with Crippen LogP contribution in [0.25, 0.3) is 11.1 Å². The van der Waals surface area contributed by atoms with Gasteiger partial charge >= 0.3 is 8.80 Å². The normalized spacial score (nSPS) is 11.7. The van der Waals surface area contributed by atoms with Crippen molar-refractivity contribution in [1.29, 1.82) is 0 Å². The van der Waals surface area contributed by atoms with Crippen molar-refractivity contribution in [2.75, 3.05) is 33.0 Å². The lowest BCUT2D eigenvalue weighted by Gasteiger charge is -2.28. The Morgan fingerprint density at radius 2 is 1.21 bits per heavy atom. The minimum absolute atomic E-state index is 0.117. The van der Waals surface area contributed by atoms with Crippen molar-refractivity contribution in [3.8, 4) is 16.9 Å². The molecule has 3 aromatic carbocycles. The highest BCUT2D eigenvalue weighted by Gasteiger charge is 2.39. The molecule has 0 saturated carbocycles. The van der Waals surface area contributed by atoms with E-state index in [-0.39, 0.29) is 5.91 Å². The molecule has 0 aliphatic carbocycles. The molecule has 0 saturated heterocycles. The predicted molar refractivity (Wildman–Crippen MR) is 197 cm³/mol. The number of hydrogen-bond donors (Lipinski definition) is 1. The third kappa shape index (κ3) is 14.8. The largest absolute Gasteiger partial charge is 0.500 e. The molecule has 262 valence electrons. The Labute approximate surface area is 290 Å². The molecular formula is C39H57N3O5Si. The summed E-state index contributed by atoms with van der Waals surface area (Å²) >= 11 is 0. The van der Waals surface area contributed by atoms with Gasteiger partial charge < -0.3 is 23.3 Å². The van der Waals surface area contributed by atoms with E-state index in [0.717, 1.165) is 80.3 Å². The Hall–Kier alpha value is -3.37. The number of aryl methyl sites for hydroxylation is 1. The quantitative estimate of drug-likeness (QED) is 0.0548. The van der Waals surface area contributed by atoms with Gasteiger partial charge in [-0.1, -0.05) is 69.0 Å². The van der Waals surface area contributed by atoms with Crippen molar-refractivity contribution in [2.45, 2.75) is 97.9 Å². The molecule has 0 unspecified atom stereocenters. The van der Waals surface area contributed by atoms with Crippen molar-refractivity contribution in [3.05, 3.63) is 78.4 Å². The van der Waals surface area contributed by atoms with Gasteiger partial charge in [0.05, 0.1) is 18.0 Å². The molecule has 0 aliphatic rings. The van der Waals surface area contributed by atoms with Crippen LogP contribution >= 0.6 is 0 Å². The topological polar surface area (TPSA) is 90.7 Å². The van der Waals surface area contributed by atoms with Crippen LogP contribution in [0.5, 0.6) is 5.75 Å². The first-order valence-corrected chi connectivity index (χ1v) is 20.0. The molecule has 8 nitrogen and oxygen atoms in total. The van der Waals surface area contributed by atoms with Crippen molar-refractivity contribution < 1.29 is 22.8 Å². The Morgan fingerprint density at radius 1 is 0.646 bits per heavy atom. The van der Waals surface area contributed by atoms with Gasteiger partial charge in [0.1, 0.15) is 5.75 Å². The maximum absolute atomic E-state index is 12.3. The molecule has 3 rings (SSSR count). The summed E-state index contributed by atoms with van der Waals surface area (Å²) in [5.41, 5.74) is 5.30. The van der Waals surface area contributed by atoms with Gasteiger partial charge in [-0.25, -0.2) is 0 Å². The van der Waals surface area contributed by atoms with Gasteiger partial charge in [-0.05, 0) is 106 Å². The monoisotopic (exact) mass is 675 g/mol. The fourth-order valence-corrected chi connectivity index (χ4v) is 8.05. The van der Waals surface area contributed by atoms with Gasteiger partial charge in [0.25, 0.3) is 0 Å². The van der Waals surface area contributed by atoms with E-state index in [0.29, 0.717) is 32.8 Å². The van der Waals surface area contributed by atoms with Crippen LogP contribution in [0.4, 0.5) is 11.4 Å². The average Bonchev–Trinajstić information content (AvgIpc) is 3.10. The smallest absolute Gasteiger partial charge is 0.494 e. The highest BCUT2D eigenvalue weighted by atomic mass is 28.4. The number of nitrogens with zero attached hydrogens (tertiary/aromatic N) is 2. The van der Waals surface area contributed by atoms with Crippen LogP contribution in [0.15, 0.2) is 83.0 Å². The zero-order chi connectivity index (χ0) is 34.3. The molecule has 3 aromatic rings. The first kappa shape index (κ1) is 39.1. The van der Waals surface area contributed by atoms with Gasteiger partial charge in [-0.3, -0.25) is 4.79 Å². The predicted octanol–water partition coefficient (Wildman–Crippen LogP) is 10.4. The number of nitrogens with one attached hydrogen (secondary N) is 1. The number of ether oxygens (including phenoxy) is 1. The van der Waals surface area contributed by atoms with Crippen LogP contribution in [-0.4, -0.2) is 47.7 Å². The fraction of sp³-hybridized carbons (Fsp3) is 0.513. The first-order valence-electron chi connectivity index (χ1n) is 18.0. The SMILES string of the molecule is CCCCCOc1ccc(N=Nc2ccc(-c3ccc(CCCCCCC(=O)NCCC[Si](OCC)(OCC)OCC)cc3)cc2)cc1. The number of unbranched alkanes of at least 4 members (excludes halogenated alkanes) is 5. The lowest BCUT2D eigenvalue weighted by Crippen LogP contribution is -2.46. The molecule has 1 N–H and O–H groups in total. The molecule has 0 bridgehead atoms. The third-order valence-electron chi connectivity index (χ3n) is 7.98. The molecule has 0 heterocycles. The van der Waals surface area contributed by atoms with Crippen LogP contribution < -0.4 is 10.1 Å². The molecule has 0 atom stereocenters. The lowest BCUT2D eigenvalue weighted by molar-refractivity contribution is -0.121. The minimum Gasteiger partial charge on any atom is -0.494 e. The van der Waals surface area contributed by atoms with Crippen LogP contribution in [0.3, 0.4) is 0 Å². The first-order chi connectivity index (χ1) is 23.5. The second-order valence-electron chi connectivity index (χ2n) is 11.8. The average molecular weight is 676 g/mol. The van der Waals surface area contributed by atoms with Crippen LogP contribution in [-0.2, 0) is 24.5 Å². The van der Waals surface area contributed by atoms with E-state index in [1.165, 1.54) is 24.0 Å². The van der Waals surface area contributed by atoms with E-state index in [9.17, 15) is 4.79 Å². The molecule has 9 heteroatoms. The van der Waals surface area contributed by atoms with Gasteiger partial charge in [-0.2, -0.15) is 10.2 Å². The van der Waals surface area contributed by atoms with Crippen LogP contribution in [0.1, 0.15) is 91.0 Å². The van der Waals surface area contributed by atoms with Crippen molar-refractivity contribution in [1.82, 2.24) is 5.32 Å². The summed E-state index contributed by atoms with van der Waals surface area (Å²) in [7, 11) is -2.64. The van der Waals surface area contributed by atoms with E-state index in [1.807, 2.05) is 57.2 Å². The number of carbonyl (C=O) groups is 1. The van der Waals surface area contributed by atoms with Gasteiger partial charge in [0.15, 0.2) is 0 Å². The number of carbonyl (C=O) groups excluding carboxylic acids is 1. The van der Waals surface area contributed by atoms with Gasteiger partial charge in [0.2, 0.25) is 5.91 Å². The summed E-state index contributed by atoms with van der Waals surface area (Å²) in [6.45, 7) is 11.1. The summed E-state index contributed by atoms with van der Waals surface area (Å²) in [4.78, 5) is 12.3. The molecule has 0 fully saturated rings. The van der Waals surface area contributed by atoms with E-state index in [2.05, 4.69) is 58.9 Å². The summed E-state index contributed by atoms with van der Waals surface area (Å²) < 4.78 is 23.4. The maximum atomic E-state index is 12.3.